The molecule has 1 heterocycles. The minimum Gasteiger partial charge on any atom is -0.497 e. The molecule has 2 rings (SSSR count). The number of methoxy groups -OCH3 is 1. The van der Waals surface area contributed by atoms with E-state index in [9.17, 15) is 0 Å². The Bertz CT molecular complexity index is 425. The first-order valence-corrected chi connectivity index (χ1v) is 4.72. The first kappa shape index (κ1) is 9.21. The molecule has 0 N–H and O–H groups in total. The molecular formula is C9H7BrN2O2. The zero-order valence-electron chi connectivity index (χ0n) is 7.40. The third-order valence-electron chi connectivity index (χ3n) is 1.74. The van der Waals surface area contributed by atoms with E-state index < -0.39 is 0 Å². The molecule has 0 unspecified atom stereocenters. The van der Waals surface area contributed by atoms with Gasteiger partial charge in [-0.15, -0.1) is 10.2 Å². The van der Waals surface area contributed by atoms with E-state index in [4.69, 9.17) is 9.15 Å². The first-order valence-electron chi connectivity index (χ1n) is 3.93. The Hall–Kier alpha value is -1.36. The molecule has 0 atom stereocenters. The molecule has 0 bridgehead atoms. The highest BCUT2D eigenvalue weighted by molar-refractivity contribution is 9.10. The van der Waals surface area contributed by atoms with E-state index in [1.807, 2.05) is 24.3 Å². The first-order chi connectivity index (χ1) is 6.79. The number of hydrogen-bond donors (Lipinski definition) is 0. The minimum absolute atomic E-state index is 0.378. The normalized spacial score (nSPS) is 10.1. The third kappa shape index (κ3) is 1.77. The highest BCUT2D eigenvalue weighted by Crippen LogP contribution is 2.22. The smallest absolute Gasteiger partial charge is 0.285 e. The Kier molecular flexibility index (Phi) is 2.49. The van der Waals surface area contributed by atoms with Crippen molar-refractivity contribution >= 4 is 15.9 Å². The van der Waals surface area contributed by atoms with Gasteiger partial charge in [0.1, 0.15) is 5.75 Å². The molecule has 72 valence electrons. The van der Waals surface area contributed by atoms with Crippen LogP contribution in [0.2, 0.25) is 0 Å². The molecule has 0 aliphatic carbocycles. The van der Waals surface area contributed by atoms with Crippen LogP contribution >= 0.6 is 15.9 Å². The van der Waals surface area contributed by atoms with Crippen molar-refractivity contribution in [1.82, 2.24) is 10.2 Å². The summed E-state index contributed by atoms with van der Waals surface area (Å²) in [6.07, 6.45) is 0. The van der Waals surface area contributed by atoms with Gasteiger partial charge < -0.3 is 9.15 Å². The van der Waals surface area contributed by atoms with Crippen LogP contribution in [0.4, 0.5) is 0 Å². The molecule has 1 aromatic heterocycles. The molecule has 0 spiro atoms. The van der Waals surface area contributed by atoms with Crippen molar-refractivity contribution < 1.29 is 9.15 Å². The van der Waals surface area contributed by atoms with Gasteiger partial charge >= 0.3 is 0 Å². The van der Waals surface area contributed by atoms with Gasteiger partial charge in [0.05, 0.1) is 7.11 Å². The van der Waals surface area contributed by atoms with Gasteiger partial charge in [0.2, 0.25) is 5.89 Å². The number of aromatic nitrogens is 2. The molecule has 0 amide bonds. The Morgan fingerprint density at radius 3 is 2.43 bits per heavy atom. The van der Waals surface area contributed by atoms with Crippen molar-refractivity contribution in [2.45, 2.75) is 0 Å². The van der Waals surface area contributed by atoms with E-state index in [1.165, 1.54) is 0 Å². The summed E-state index contributed by atoms with van der Waals surface area (Å²) in [5.74, 6) is 1.28. The van der Waals surface area contributed by atoms with Crippen LogP contribution in [0.15, 0.2) is 33.5 Å². The van der Waals surface area contributed by atoms with Gasteiger partial charge in [-0.1, -0.05) is 0 Å². The Morgan fingerprint density at radius 1 is 1.21 bits per heavy atom. The largest absolute Gasteiger partial charge is 0.497 e. The number of nitrogens with zero attached hydrogens (tertiary/aromatic N) is 2. The molecule has 0 aliphatic heterocycles. The van der Waals surface area contributed by atoms with Crippen LogP contribution in [0.1, 0.15) is 0 Å². The summed E-state index contributed by atoms with van der Waals surface area (Å²) in [5, 5.41) is 7.54. The fourth-order valence-corrected chi connectivity index (χ4v) is 1.29. The topological polar surface area (TPSA) is 48.2 Å². The predicted molar refractivity (Wildman–Crippen MR) is 54.0 cm³/mol. The zero-order chi connectivity index (χ0) is 9.97. The molecule has 0 radical (unpaired) electrons. The molecule has 1 aromatic carbocycles. The summed E-state index contributed by atoms with van der Waals surface area (Å²) < 4.78 is 10.2. The average molecular weight is 255 g/mol. The molecule has 0 saturated heterocycles. The maximum atomic E-state index is 5.20. The van der Waals surface area contributed by atoms with Gasteiger partial charge in [0, 0.05) is 21.5 Å². The maximum Gasteiger partial charge on any atom is 0.285 e. The monoisotopic (exact) mass is 254 g/mol. The number of ether oxygens (including phenoxy) is 1. The quantitative estimate of drug-likeness (QED) is 0.827. The van der Waals surface area contributed by atoms with Crippen molar-refractivity contribution in [3.8, 4) is 17.2 Å². The molecule has 4 nitrogen and oxygen atoms in total. The predicted octanol–water partition coefficient (Wildman–Crippen LogP) is 2.51. The molecule has 0 saturated carbocycles. The maximum absolute atomic E-state index is 5.20. The van der Waals surface area contributed by atoms with Crippen LogP contribution in [0.3, 0.4) is 0 Å². The van der Waals surface area contributed by atoms with Crippen molar-refractivity contribution in [2.75, 3.05) is 7.11 Å². The number of hydrogen-bond acceptors (Lipinski definition) is 4. The number of halogens is 1. The lowest BCUT2D eigenvalue weighted by molar-refractivity contribution is 0.415. The molecule has 2 aromatic rings. The summed E-state index contributed by atoms with van der Waals surface area (Å²) in [6, 6.07) is 7.40. The van der Waals surface area contributed by atoms with Crippen LogP contribution in [0, 0.1) is 0 Å². The second-order valence-electron chi connectivity index (χ2n) is 2.59. The molecule has 0 aliphatic rings. The van der Waals surface area contributed by atoms with Gasteiger partial charge in [0.25, 0.3) is 4.80 Å². The average Bonchev–Trinajstić information content (AvgIpc) is 2.65. The lowest BCUT2D eigenvalue weighted by Crippen LogP contribution is -1.82. The van der Waals surface area contributed by atoms with E-state index in [2.05, 4.69) is 26.1 Å². The van der Waals surface area contributed by atoms with Crippen LogP contribution < -0.4 is 4.74 Å². The summed E-state index contributed by atoms with van der Waals surface area (Å²) >= 11 is 3.09. The van der Waals surface area contributed by atoms with E-state index >= 15 is 0 Å². The molecule has 5 heteroatoms. The second-order valence-corrected chi connectivity index (χ2v) is 3.27. The van der Waals surface area contributed by atoms with Crippen molar-refractivity contribution in [2.24, 2.45) is 0 Å². The molecule has 14 heavy (non-hydrogen) atoms. The minimum atomic E-state index is 0.378. The van der Waals surface area contributed by atoms with Gasteiger partial charge in [-0.05, 0) is 24.3 Å². The fourth-order valence-electron chi connectivity index (χ4n) is 1.06. The van der Waals surface area contributed by atoms with Gasteiger partial charge in [-0.3, -0.25) is 0 Å². The summed E-state index contributed by atoms with van der Waals surface area (Å²) in [7, 11) is 1.62. The number of benzene rings is 1. The highest BCUT2D eigenvalue weighted by atomic mass is 79.9. The Labute approximate surface area is 89.0 Å². The molecular weight excluding hydrogens is 248 g/mol. The van der Waals surface area contributed by atoms with Crippen molar-refractivity contribution in [1.29, 1.82) is 0 Å². The van der Waals surface area contributed by atoms with E-state index in [0.29, 0.717) is 10.7 Å². The summed E-state index contributed by atoms with van der Waals surface area (Å²) in [5.41, 5.74) is 0.865. The van der Waals surface area contributed by atoms with Gasteiger partial charge in [-0.25, -0.2) is 0 Å². The lowest BCUT2D eigenvalue weighted by Gasteiger charge is -1.98. The van der Waals surface area contributed by atoms with Crippen LogP contribution in [-0.2, 0) is 0 Å². The van der Waals surface area contributed by atoms with E-state index in [0.717, 1.165) is 11.3 Å². The van der Waals surface area contributed by atoms with E-state index in [1.54, 1.807) is 7.11 Å². The van der Waals surface area contributed by atoms with Crippen molar-refractivity contribution in [3.05, 3.63) is 29.1 Å². The summed E-state index contributed by atoms with van der Waals surface area (Å²) in [6.45, 7) is 0. The molecule has 0 fully saturated rings. The Balaban J connectivity index is 2.33. The van der Waals surface area contributed by atoms with Crippen LogP contribution in [0.25, 0.3) is 11.5 Å². The number of rotatable bonds is 2. The lowest BCUT2D eigenvalue weighted by atomic mass is 10.2. The van der Waals surface area contributed by atoms with Crippen LogP contribution in [-0.4, -0.2) is 17.3 Å². The second kappa shape index (κ2) is 3.79. The van der Waals surface area contributed by atoms with Crippen LogP contribution in [0.5, 0.6) is 5.75 Å². The van der Waals surface area contributed by atoms with Gasteiger partial charge in [0.15, 0.2) is 0 Å². The van der Waals surface area contributed by atoms with Crippen molar-refractivity contribution in [3.63, 3.8) is 0 Å². The van der Waals surface area contributed by atoms with Gasteiger partial charge in [-0.2, -0.15) is 0 Å². The third-order valence-corrected chi connectivity index (χ3v) is 2.06. The standard InChI is InChI=1S/C9H7BrN2O2/c1-13-7-4-2-6(3-5-7)8-11-12-9(10)14-8/h2-5H,1H3. The fraction of sp³-hybridized carbons (Fsp3) is 0.111. The summed E-state index contributed by atoms with van der Waals surface area (Å²) in [4.78, 5) is 0.378. The highest BCUT2D eigenvalue weighted by Gasteiger charge is 2.05. The van der Waals surface area contributed by atoms with E-state index in [-0.39, 0.29) is 0 Å². The Morgan fingerprint density at radius 2 is 1.93 bits per heavy atom. The zero-order valence-corrected chi connectivity index (χ0v) is 8.98. The SMILES string of the molecule is COc1ccc(-c2nnc(Br)o2)cc1.